The summed E-state index contributed by atoms with van der Waals surface area (Å²) in [4.78, 5) is 24.6. The molecular formula is C15H13N3O3. The number of hydrogen-bond donors (Lipinski definition) is 1. The smallest absolute Gasteiger partial charge is 0.274 e. The molecule has 0 atom stereocenters. The average molecular weight is 283 g/mol. The number of hydrogen-bond acceptors (Lipinski definition) is 4. The number of furan rings is 1. The van der Waals surface area contributed by atoms with Crippen molar-refractivity contribution in [2.45, 2.75) is 6.54 Å². The number of aromatic amines is 1. The van der Waals surface area contributed by atoms with Gasteiger partial charge in [0.15, 0.2) is 0 Å². The summed E-state index contributed by atoms with van der Waals surface area (Å²) in [6.45, 7) is 0.328. The van der Waals surface area contributed by atoms with Crippen molar-refractivity contribution < 1.29 is 9.21 Å². The van der Waals surface area contributed by atoms with Gasteiger partial charge in [-0.25, -0.2) is 5.10 Å². The predicted octanol–water partition coefficient (Wildman–Crippen LogP) is 1.79. The second kappa shape index (κ2) is 5.24. The fourth-order valence-electron chi connectivity index (χ4n) is 2.08. The zero-order chi connectivity index (χ0) is 14.8. The maximum absolute atomic E-state index is 12.2. The predicted molar refractivity (Wildman–Crippen MR) is 76.9 cm³/mol. The van der Waals surface area contributed by atoms with Gasteiger partial charge in [0.25, 0.3) is 11.5 Å². The lowest BCUT2D eigenvalue weighted by Crippen LogP contribution is -2.27. The third kappa shape index (κ3) is 2.69. The zero-order valence-electron chi connectivity index (χ0n) is 11.4. The molecule has 0 saturated heterocycles. The Balaban J connectivity index is 1.78. The number of nitrogens with zero attached hydrogens (tertiary/aromatic N) is 2. The quantitative estimate of drug-likeness (QED) is 0.794. The summed E-state index contributed by atoms with van der Waals surface area (Å²) in [6, 6.07) is 12.2. The van der Waals surface area contributed by atoms with E-state index < -0.39 is 0 Å². The van der Waals surface area contributed by atoms with E-state index in [0.29, 0.717) is 12.3 Å². The molecule has 0 saturated carbocycles. The number of benzene rings is 1. The molecule has 1 aromatic carbocycles. The highest BCUT2D eigenvalue weighted by molar-refractivity contribution is 5.91. The molecule has 1 amide bonds. The molecule has 0 bridgehead atoms. The fourth-order valence-corrected chi connectivity index (χ4v) is 2.08. The van der Waals surface area contributed by atoms with Gasteiger partial charge in [-0.3, -0.25) is 9.59 Å². The average Bonchev–Trinajstić information content (AvgIpc) is 2.89. The summed E-state index contributed by atoms with van der Waals surface area (Å²) >= 11 is 0. The van der Waals surface area contributed by atoms with Gasteiger partial charge < -0.3 is 9.32 Å². The Morgan fingerprint density at radius 2 is 2.10 bits per heavy atom. The largest absolute Gasteiger partial charge is 0.459 e. The lowest BCUT2D eigenvalue weighted by atomic mass is 10.2. The van der Waals surface area contributed by atoms with Gasteiger partial charge in [-0.05, 0) is 18.2 Å². The van der Waals surface area contributed by atoms with Crippen LogP contribution >= 0.6 is 0 Å². The molecule has 0 aliphatic heterocycles. The summed E-state index contributed by atoms with van der Waals surface area (Å²) in [5, 5.41) is 6.96. The Labute approximate surface area is 120 Å². The van der Waals surface area contributed by atoms with Crippen molar-refractivity contribution >= 4 is 16.9 Å². The SMILES string of the molecule is CN(Cc1cc2ccccc2o1)C(=O)c1ccc(=O)[nH]n1. The van der Waals surface area contributed by atoms with Gasteiger partial charge in [-0.2, -0.15) is 5.10 Å². The Morgan fingerprint density at radius 3 is 2.81 bits per heavy atom. The van der Waals surface area contributed by atoms with Crippen molar-refractivity contribution in [1.82, 2.24) is 15.1 Å². The van der Waals surface area contributed by atoms with E-state index in [4.69, 9.17) is 4.42 Å². The number of H-pyrrole nitrogens is 1. The molecule has 106 valence electrons. The number of carbonyl (C=O) groups excluding carboxylic acids is 1. The lowest BCUT2D eigenvalue weighted by molar-refractivity contribution is 0.0769. The first-order chi connectivity index (χ1) is 10.1. The highest BCUT2D eigenvalue weighted by atomic mass is 16.3. The highest BCUT2D eigenvalue weighted by Gasteiger charge is 2.15. The molecular weight excluding hydrogens is 270 g/mol. The maximum atomic E-state index is 12.2. The molecule has 1 N–H and O–H groups in total. The number of amides is 1. The van der Waals surface area contributed by atoms with Crippen molar-refractivity contribution in [3.05, 3.63) is 64.3 Å². The minimum atomic E-state index is -0.341. The first-order valence-electron chi connectivity index (χ1n) is 6.42. The maximum Gasteiger partial charge on any atom is 0.274 e. The van der Waals surface area contributed by atoms with Crippen LogP contribution in [0.15, 0.2) is 51.7 Å². The van der Waals surface area contributed by atoms with Crippen LogP contribution in [0.1, 0.15) is 16.2 Å². The Kier molecular flexibility index (Phi) is 3.27. The number of rotatable bonds is 3. The van der Waals surface area contributed by atoms with Crippen LogP contribution in [0.5, 0.6) is 0 Å². The molecule has 0 fully saturated rings. The van der Waals surface area contributed by atoms with Crippen LogP contribution in [0.4, 0.5) is 0 Å². The van der Waals surface area contributed by atoms with Crippen molar-refractivity contribution in [3.63, 3.8) is 0 Å². The molecule has 3 rings (SSSR count). The van der Waals surface area contributed by atoms with Gasteiger partial charge in [0.1, 0.15) is 17.0 Å². The minimum absolute atomic E-state index is 0.188. The highest BCUT2D eigenvalue weighted by Crippen LogP contribution is 2.19. The Morgan fingerprint density at radius 1 is 1.29 bits per heavy atom. The van der Waals surface area contributed by atoms with Crippen molar-refractivity contribution in [3.8, 4) is 0 Å². The lowest BCUT2D eigenvalue weighted by Gasteiger charge is -2.14. The molecule has 3 aromatic rings. The first-order valence-corrected chi connectivity index (χ1v) is 6.42. The van der Waals surface area contributed by atoms with Gasteiger partial charge in [0.2, 0.25) is 0 Å². The van der Waals surface area contributed by atoms with Crippen LogP contribution in [0.3, 0.4) is 0 Å². The molecule has 6 nitrogen and oxygen atoms in total. The standard InChI is InChI=1S/C15H13N3O3/c1-18(15(20)12-6-7-14(19)17-16-12)9-11-8-10-4-2-3-5-13(10)21-11/h2-8H,9H2,1H3,(H,17,19). The Hall–Kier alpha value is -2.89. The van der Waals surface area contributed by atoms with Gasteiger partial charge in [-0.15, -0.1) is 0 Å². The number of aromatic nitrogens is 2. The zero-order valence-corrected chi connectivity index (χ0v) is 11.4. The van der Waals surface area contributed by atoms with Gasteiger partial charge in [0, 0.05) is 18.5 Å². The van der Waals surface area contributed by atoms with Crippen LogP contribution in [0.25, 0.3) is 11.0 Å². The van der Waals surface area contributed by atoms with Crippen LogP contribution in [0.2, 0.25) is 0 Å². The molecule has 0 unspecified atom stereocenters. The first kappa shape index (κ1) is 13.1. The van der Waals surface area contributed by atoms with E-state index in [2.05, 4.69) is 10.2 Å². The third-order valence-electron chi connectivity index (χ3n) is 3.11. The van der Waals surface area contributed by atoms with Crippen LogP contribution in [-0.4, -0.2) is 28.1 Å². The normalized spacial score (nSPS) is 10.7. The second-order valence-corrected chi connectivity index (χ2v) is 4.72. The van der Waals surface area contributed by atoms with E-state index in [9.17, 15) is 9.59 Å². The second-order valence-electron chi connectivity index (χ2n) is 4.72. The summed E-state index contributed by atoms with van der Waals surface area (Å²) in [6.07, 6.45) is 0. The van der Waals surface area contributed by atoms with Crippen LogP contribution in [-0.2, 0) is 6.54 Å². The molecule has 2 heterocycles. The molecule has 0 aliphatic rings. The molecule has 0 spiro atoms. The number of fused-ring (bicyclic) bond motifs is 1. The van der Waals surface area contributed by atoms with Gasteiger partial charge in [-0.1, -0.05) is 18.2 Å². The van der Waals surface area contributed by atoms with E-state index in [-0.39, 0.29) is 17.2 Å². The van der Waals surface area contributed by atoms with E-state index in [1.54, 1.807) is 7.05 Å². The van der Waals surface area contributed by atoms with Crippen LogP contribution in [0, 0.1) is 0 Å². The fraction of sp³-hybridized carbons (Fsp3) is 0.133. The van der Waals surface area contributed by atoms with Crippen molar-refractivity contribution in [2.75, 3.05) is 7.05 Å². The van der Waals surface area contributed by atoms with Gasteiger partial charge >= 0.3 is 0 Å². The summed E-state index contributed by atoms with van der Waals surface area (Å²) in [7, 11) is 1.66. The molecule has 21 heavy (non-hydrogen) atoms. The topological polar surface area (TPSA) is 79.2 Å². The van der Waals surface area contributed by atoms with E-state index in [1.807, 2.05) is 30.3 Å². The third-order valence-corrected chi connectivity index (χ3v) is 3.11. The van der Waals surface area contributed by atoms with Gasteiger partial charge in [0.05, 0.1) is 6.54 Å². The van der Waals surface area contributed by atoms with E-state index >= 15 is 0 Å². The number of para-hydroxylation sites is 1. The molecule has 0 aliphatic carbocycles. The molecule has 2 aromatic heterocycles. The van der Waals surface area contributed by atoms with E-state index in [1.165, 1.54) is 17.0 Å². The van der Waals surface area contributed by atoms with Crippen molar-refractivity contribution in [1.29, 1.82) is 0 Å². The van der Waals surface area contributed by atoms with Crippen LogP contribution < -0.4 is 5.56 Å². The number of carbonyl (C=O) groups is 1. The summed E-state index contributed by atoms with van der Waals surface area (Å²) in [5.74, 6) is 0.406. The Bertz CT molecular complexity index is 797. The molecule has 0 radical (unpaired) electrons. The monoisotopic (exact) mass is 283 g/mol. The van der Waals surface area contributed by atoms with E-state index in [0.717, 1.165) is 11.0 Å². The minimum Gasteiger partial charge on any atom is -0.459 e. The summed E-state index contributed by atoms with van der Waals surface area (Å²) in [5.41, 5.74) is 0.634. The molecule has 6 heteroatoms. The van der Waals surface area contributed by atoms with Crippen molar-refractivity contribution in [2.24, 2.45) is 0 Å². The summed E-state index contributed by atoms with van der Waals surface area (Å²) < 4.78 is 5.67. The number of nitrogens with one attached hydrogen (secondary N) is 1.